The van der Waals surface area contributed by atoms with Crippen LogP contribution >= 0.6 is 11.8 Å². The van der Waals surface area contributed by atoms with Gasteiger partial charge in [0, 0.05) is 11.9 Å². The van der Waals surface area contributed by atoms with Gasteiger partial charge < -0.3 is 5.11 Å². The molecule has 0 aliphatic heterocycles. The Morgan fingerprint density at radius 2 is 2.24 bits per heavy atom. The van der Waals surface area contributed by atoms with Crippen LogP contribution in [0.25, 0.3) is 10.9 Å². The quantitative estimate of drug-likeness (QED) is 0.828. The van der Waals surface area contributed by atoms with Crippen molar-refractivity contribution in [3.63, 3.8) is 0 Å². The molecule has 0 fully saturated rings. The Balaban J connectivity index is 2.38. The number of carbonyl (C=O) groups is 1. The number of thioether (sulfide) groups is 1. The lowest BCUT2D eigenvalue weighted by atomic mass is 10.2. The molecule has 4 nitrogen and oxygen atoms in total. The summed E-state index contributed by atoms with van der Waals surface area (Å²) >= 11 is 1.78. The number of aromatic carboxylic acids is 1. The third-order valence-corrected chi connectivity index (χ3v) is 3.28. The van der Waals surface area contributed by atoms with Crippen LogP contribution in [0.4, 0.5) is 0 Å². The van der Waals surface area contributed by atoms with Crippen molar-refractivity contribution in [2.45, 2.75) is 13.0 Å². The highest BCUT2D eigenvalue weighted by molar-refractivity contribution is 7.98. The molecule has 90 valence electrons. The van der Waals surface area contributed by atoms with E-state index in [2.05, 4.69) is 11.4 Å². The molecule has 0 atom stereocenters. The van der Waals surface area contributed by atoms with Crippen molar-refractivity contribution in [1.82, 2.24) is 9.78 Å². The summed E-state index contributed by atoms with van der Waals surface area (Å²) in [5.74, 6) is 0.0844. The largest absolute Gasteiger partial charge is 0.476 e. The van der Waals surface area contributed by atoms with Crippen LogP contribution in [0, 0.1) is 0 Å². The van der Waals surface area contributed by atoms with Gasteiger partial charge in [0.05, 0.1) is 5.52 Å². The minimum atomic E-state index is -0.968. The summed E-state index contributed by atoms with van der Waals surface area (Å²) in [5.41, 5.74) is 1.04. The normalized spacial score (nSPS) is 10.9. The summed E-state index contributed by atoms with van der Waals surface area (Å²) in [5, 5.41) is 14.0. The summed E-state index contributed by atoms with van der Waals surface area (Å²) in [6, 6.07) is 7.45. The smallest absolute Gasteiger partial charge is 0.357 e. The van der Waals surface area contributed by atoms with Crippen molar-refractivity contribution >= 4 is 28.6 Å². The van der Waals surface area contributed by atoms with Crippen LogP contribution < -0.4 is 0 Å². The van der Waals surface area contributed by atoms with E-state index in [9.17, 15) is 4.79 Å². The van der Waals surface area contributed by atoms with Gasteiger partial charge in [-0.15, -0.1) is 0 Å². The SMILES string of the molecule is CSCCCn1nc(C(=O)O)c2ccccc21. The minimum Gasteiger partial charge on any atom is -0.476 e. The lowest BCUT2D eigenvalue weighted by Crippen LogP contribution is -2.04. The van der Waals surface area contributed by atoms with Crippen LogP contribution in [0.2, 0.25) is 0 Å². The fourth-order valence-corrected chi connectivity index (χ4v) is 2.23. The van der Waals surface area contributed by atoms with Crippen molar-refractivity contribution in [2.75, 3.05) is 12.0 Å². The Labute approximate surface area is 104 Å². The lowest BCUT2D eigenvalue weighted by Gasteiger charge is -2.01. The maximum absolute atomic E-state index is 11.1. The van der Waals surface area contributed by atoms with Gasteiger partial charge in [-0.25, -0.2) is 4.79 Å². The molecule has 5 heteroatoms. The van der Waals surface area contributed by atoms with Crippen LogP contribution in [-0.2, 0) is 6.54 Å². The second-order valence-electron chi connectivity index (χ2n) is 3.74. The summed E-state index contributed by atoms with van der Waals surface area (Å²) in [4.78, 5) is 11.1. The molecule has 0 unspecified atom stereocenters. The van der Waals surface area contributed by atoms with E-state index in [0.29, 0.717) is 5.39 Å². The topological polar surface area (TPSA) is 55.1 Å². The molecular formula is C12H14N2O2S. The van der Waals surface area contributed by atoms with Gasteiger partial charge in [0.1, 0.15) is 0 Å². The van der Waals surface area contributed by atoms with Crippen molar-refractivity contribution in [2.24, 2.45) is 0 Å². The third kappa shape index (κ3) is 2.44. The van der Waals surface area contributed by atoms with Crippen molar-refractivity contribution < 1.29 is 9.90 Å². The first-order valence-corrected chi connectivity index (χ1v) is 6.81. The number of benzene rings is 1. The molecule has 1 aromatic heterocycles. The van der Waals surface area contributed by atoms with E-state index in [1.165, 1.54) is 0 Å². The van der Waals surface area contributed by atoms with Crippen molar-refractivity contribution in [3.8, 4) is 0 Å². The number of carboxylic acid groups (broad SMARTS) is 1. The molecule has 17 heavy (non-hydrogen) atoms. The predicted molar refractivity (Wildman–Crippen MR) is 69.7 cm³/mol. The van der Waals surface area contributed by atoms with Crippen LogP contribution in [0.3, 0.4) is 0 Å². The van der Waals surface area contributed by atoms with Crippen molar-refractivity contribution in [3.05, 3.63) is 30.0 Å². The summed E-state index contributed by atoms with van der Waals surface area (Å²) in [6.07, 6.45) is 3.05. The van der Waals surface area contributed by atoms with Gasteiger partial charge in [-0.05, 0) is 24.5 Å². The van der Waals surface area contributed by atoms with E-state index in [-0.39, 0.29) is 5.69 Å². The Kier molecular flexibility index (Phi) is 3.68. The lowest BCUT2D eigenvalue weighted by molar-refractivity contribution is 0.0691. The van der Waals surface area contributed by atoms with Gasteiger partial charge in [0.2, 0.25) is 0 Å². The number of fused-ring (bicyclic) bond motifs is 1. The van der Waals surface area contributed by atoms with Crippen LogP contribution in [0.5, 0.6) is 0 Å². The summed E-state index contributed by atoms with van der Waals surface area (Å²) < 4.78 is 1.79. The molecule has 0 spiro atoms. The Morgan fingerprint density at radius 3 is 2.94 bits per heavy atom. The molecule has 1 heterocycles. The molecule has 2 aromatic rings. The number of hydrogen-bond donors (Lipinski definition) is 1. The van der Waals surface area contributed by atoms with Gasteiger partial charge in [-0.2, -0.15) is 16.9 Å². The first-order chi connectivity index (χ1) is 8.24. The average molecular weight is 250 g/mol. The summed E-state index contributed by atoms with van der Waals surface area (Å²) in [7, 11) is 0. The second kappa shape index (κ2) is 5.23. The minimum absolute atomic E-state index is 0.143. The number of carboxylic acids is 1. The molecule has 2 rings (SSSR count). The average Bonchev–Trinajstić information content (AvgIpc) is 2.69. The zero-order valence-corrected chi connectivity index (χ0v) is 10.4. The molecule has 0 aliphatic carbocycles. The van der Waals surface area contributed by atoms with E-state index in [1.807, 2.05) is 18.2 Å². The maximum atomic E-state index is 11.1. The molecule has 0 saturated heterocycles. The first-order valence-electron chi connectivity index (χ1n) is 5.42. The number of rotatable bonds is 5. The maximum Gasteiger partial charge on any atom is 0.357 e. The number of para-hydroxylation sites is 1. The van der Waals surface area contributed by atoms with Gasteiger partial charge in [-0.3, -0.25) is 4.68 Å². The highest BCUT2D eigenvalue weighted by atomic mass is 32.2. The van der Waals surface area contributed by atoms with E-state index in [4.69, 9.17) is 5.11 Å². The standard InChI is InChI=1S/C12H14N2O2S/c1-17-8-4-7-14-10-6-3-2-5-9(10)11(13-14)12(15)16/h2-3,5-6H,4,7-8H2,1H3,(H,15,16). The van der Waals surface area contributed by atoms with Crippen LogP contribution in [0.1, 0.15) is 16.9 Å². The van der Waals surface area contributed by atoms with E-state index >= 15 is 0 Å². The number of aryl methyl sites for hydroxylation is 1. The molecule has 1 N–H and O–H groups in total. The molecule has 0 aliphatic rings. The number of hydrogen-bond acceptors (Lipinski definition) is 3. The predicted octanol–water partition coefficient (Wildman–Crippen LogP) is 2.49. The highest BCUT2D eigenvalue weighted by Crippen LogP contribution is 2.18. The van der Waals surface area contributed by atoms with E-state index in [0.717, 1.165) is 24.2 Å². The van der Waals surface area contributed by atoms with Gasteiger partial charge in [-0.1, -0.05) is 18.2 Å². The van der Waals surface area contributed by atoms with Gasteiger partial charge in [0.25, 0.3) is 0 Å². The Hall–Kier alpha value is -1.49. The van der Waals surface area contributed by atoms with E-state index < -0.39 is 5.97 Å². The molecule has 0 radical (unpaired) electrons. The monoisotopic (exact) mass is 250 g/mol. The Bertz CT molecular complexity index is 536. The molecule has 0 saturated carbocycles. The fourth-order valence-electron chi connectivity index (χ4n) is 1.81. The van der Waals surface area contributed by atoms with Crippen molar-refractivity contribution in [1.29, 1.82) is 0 Å². The fraction of sp³-hybridized carbons (Fsp3) is 0.333. The number of nitrogens with zero attached hydrogens (tertiary/aromatic N) is 2. The molecule has 0 bridgehead atoms. The molecule has 1 aromatic carbocycles. The summed E-state index contributed by atoms with van der Waals surface area (Å²) in [6.45, 7) is 0.759. The molecule has 0 amide bonds. The third-order valence-electron chi connectivity index (χ3n) is 2.58. The van der Waals surface area contributed by atoms with Crippen LogP contribution in [0.15, 0.2) is 24.3 Å². The first kappa shape index (κ1) is 12.0. The van der Waals surface area contributed by atoms with Gasteiger partial charge in [0.15, 0.2) is 5.69 Å². The number of aromatic nitrogens is 2. The zero-order valence-electron chi connectivity index (χ0n) is 9.59. The highest BCUT2D eigenvalue weighted by Gasteiger charge is 2.15. The molecular weight excluding hydrogens is 236 g/mol. The second-order valence-corrected chi connectivity index (χ2v) is 4.73. The zero-order chi connectivity index (χ0) is 12.3. The Morgan fingerprint density at radius 1 is 1.47 bits per heavy atom. The van der Waals surface area contributed by atoms with Crippen LogP contribution in [-0.4, -0.2) is 32.9 Å². The van der Waals surface area contributed by atoms with Gasteiger partial charge >= 0.3 is 5.97 Å². The van der Waals surface area contributed by atoms with E-state index in [1.54, 1.807) is 22.5 Å².